The van der Waals surface area contributed by atoms with Crippen molar-refractivity contribution in [3.8, 4) is 17.6 Å². The zero-order valence-corrected chi connectivity index (χ0v) is 27.1. The summed E-state index contributed by atoms with van der Waals surface area (Å²) in [4.78, 5) is 17.4. The lowest BCUT2D eigenvalue weighted by Crippen LogP contribution is -2.46. The van der Waals surface area contributed by atoms with Crippen molar-refractivity contribution in [1.29, 1.82) is 0 Å². The smallest absolute Gasteiger partial charge is 0.264 e. The van der Waals surface area contributed by atoms with Gasteiger partial charge in [-0.1, -0.05) is 60.4 Å². The van der Waals surface area contributed by atoms with E-state index in [0.29, 0.717) is 11.1 Å². The summed E-state index contributed by atoms with van der Waals surface area (Å²) in [6.07, 6.45) is 2.99. The Morgan fingerprint density at radius 1 is 0.830 bits per heavy atom. The third-order valence-corrected chi connectivity index (χ3v) is 9.54. The Labute approximate surface area is 277 Å². The Hall–Kier alpha value is -4.62. The molecule has 2 fully saturated rings. The van der Waals surface area contributed by atoms with E-state index in [9.17, 15) is 13.2 Å². The molecule has 0 spiro atoms. The third kappa shape index (κ3) is 9.23. The minimum Gasteiger partial charge on any atom is -0.465 e. The molecular weight excluding hydrogens is 611 g/mol. The van der Waals surface area contributed by atoms with E-state index in [1.54, 1.807) is 36.4 Å². The van der Waals surface area contributed by atoms with Crippen LogP contribution < -0.4 is 14.4 Å². The van der Waals surface area contributed by atoms with E-state index in [1.807, 2.05) is 48.5 Å². The van der Waals surface area contributed by atoms with Crippen LogP contribution in [0.1, 0.15) is 51.9 Å². The van der Waals surface area contributed by atoms with Crippen LogP contribution in [0, 0.1) is 11.8 Å². The molecule has 0 bridgehead atoms. The SMILES string of the molecule is O=C(NS(=O)(=O)Cc1ccccc1)c1ccc(N2CCN(Cc3ccccc3C#Cc3ccc(OC4CCCCO4)cc3)CC2)cc1. The van der Waals surface area contributed by atoms with Gasteiger partial charge in [0.1, 0.15) is 5.75 Å². The predicted octanol–water partition coefficient (Wildman–Crippen LogP) is 5.57. The van der Waals surface area contributed by atoms with Crippen LogP contribution in [-0.2, 0) is 27.1 Å². The first-order chi connectivity index (χ1) is 22.9. The number of piperazine rings is 1. The van der Waals surface area contributed by atoms with E-state index in [4.69, 9.17) is 9.47 Å². The highest BCUT2D eigenvalue weighted by Gasteiger charge is 2.20. The van der Waals surface area contributed by atoms with Crippen LogP contribution in [0.5, 0.6) is 5.75 Å². The van der Waals surface area contributed by atoms with Gasteiger partial charge in [-0.15, -0.1) is 0 Å². The lowest BCUT2D eigenvalue weighted by molar-refractivity contribution is -0.105. The number of carbonyl (C=O) groups excluding carboxylic acids is 1. The van der Waals surface area contributed by atoms with Gasteiger partial charge in [0, 0.05) is 61.5 Å². The summed E-state index contributed by atoms with van der Waals surface area (Å²) in [5.41, 5.74) is 5.08. The maximum Gasteiger partial charge on any atom is 0.264 e. The van der Waals surface area contributed by atoms with Gasteiger partial charge in [-0.2, -0.15) is 0 Å². The second kappa shape index (κ2) is 15.3. The molecule has 4 aromatic carbocycles. The summed E-state index contributed by atoms with van der Waals surface area (Å²) in [5, 5.41) is 0. The van der Waals surface area contributed by atoms with Crippen LogP contribution in [0.3, 0.4) is 0 Å². The monoisotopic (exact) mass is 649 g/mol. The molecule has 1 amide bonds. The fourth-order valence-electron chi connectivity index (χ4n) is 5.75. The molecule has 0 radical (unpaired) electrons. The summed E-state index contributed by atoms with van der Waals surface area (Å²) < 4.78 is 38.8. The molecule has 1 atom stereocenters. The number of hydrogen-bond donors (Lipinski definition) is 1. The zero-order chi connectivity index (χ0) is 32.5. The Morgan fingerprint density at radius 2 is 1.55 bits per heavy atom. The molecule has 242 valence electrons. The number of hydrogen-bond acceptors (Lipinski definition) is 7. The maximum absolute atomic E-state index is 12.7. The van der Waals surface area contributed by atoms with Gasteiger partial charge in [0.2, 0.25) is 10.0 Å². The van der Waals surface area contributed by atoms with Crippen molar-refractivity contribution in [2.75, 3.05) is 37.7 Å². The largest absolute Gasteiger partial charge is 0.465 e. The van der Waals surface area contributed by atoms with Gasteiger partial charge in [-0.3, -0.25) is 9.69 Å². The number of nitrogens with zero attached hydrogens (tertiary/aromatic N) is 2. The number of nitrogens with one attached hydrogen (secondary N) is 1. The molecule has 2 saturated heterocycles. The summed E-state index contributed by atoms with van der Waals surface area (Å²) in [7, 11) is -3.80. The molecule has 8 nitrogen and oxygen atoms in total. The van der Waals surface area contributed by atoms with Gasteiger partial charge in [-0.05, 0) is 78.6 Å². The highest BCUT2D eigenvalue weighted by molar-refractivity contribution is 7.89. The van der Waals surface area contributed by atoms with Crippen LogP contribution >= 0.6 is 0 Å². The van der Waals surface area contributed by atoms with E-state index < -0.39 is 15.9 Å². The average Bonchev–Trinajstić information content (AvgIpc) is 3.09. The Bertz CT molecular complexity index is 1800. The van der Waals surface area contributed by atoms with Crippen molar-refractivity contribution in [3.05, 3.63) is 131 Å². The molecule has 4 aromatic rings. The second-order valence-corrected chi connectivity index (χ2v) is 13.6. The molecule has 0 aromatic heterocycles. The van der Waals surface area contributed by atoms with Crippen LogP contribution in [0.15, 0.2) is 103 Å². The number of benzene rings is 4. The van der Waals surface area contributed by atoms with Gasteiger partial charge < -0.3 is 14.4 Å². The normalized spacial score (nSPS) is 16.9. The molecule has 2 aliphatic rings. The van der Waals surface area contributed by atoms with E-state index in [1.165, 1.54) is 5.56 Å². The molecule has 2 aliphatic heterocycles. The van der Waals surface area contributed by atoms with Gasteiger partial charge in [0.05, 0.1) is 12.4 Å². The average molecular weight is 650 g/mol. The molecule has 9 heteroatoms. The fourth-order valence-corrected chi connectivity index (χ4v) is 6.85. The topological polar surface area (TPSA) is 88.2 Å². The number of anilines is 1. The second-order valence-electron chi connectivity index (χ2n) is 11.8. The van der Waals surface area contributed by atoms with E-state index in [2.05, 4.69) is 44.6 Å². The summed E-state index contributed by atoms with van der Waals surface area (Å²) in [6.45, 7) is 5.01. The highest BCUT2D eigenvalue weighted by Crippen LogP contribution is 2.21. The lowest BCUT2D eigenvalue weighted by Gasteiger charge is -2.36. The van der Waals surface area contributed by atoms with E-state index in [-0.39, 0.29) is 12.0 Å². The van der Waals surface area contributed by atoms with E-state index in [0.717, 1.165) is 81.2 Å². The number of carbonyl (C=O) groups is 1. The van der Waals surface area contributed by atoms with Crippen LogP contribution in [0.2, 0.25) is 0 Å². The zero-order valence-electron chi connectivity index (χ0n) is 26.3. The van der Waals surface area contributed by atoms with Gasteiger partial charge in [0.15, 0.2) is 6.29 Å². The van der Waals surface area contributed by atoms with Gasteiger partial charge in [0.25, 0.3) is 5.91 Å². The summed E-state index contributed by atoms with van der Waals surface area (Å²) in [6, 6.07) is 32.1. The number of ether oxygens (including phenoxy) is 2. The Kier molecular flexibility index (Phi) is 10.5. The first-order valence-electron chi connectivity index (χ1n) is 16.0. The molecule has 0 saturated carbocycles. The van der Waals surface area contributed by atoms with Crippen LogP contribution in [-0.4, -0.2) is 58.3 Å². The van der Waals surface area contributed by atoms with Crippen molar-refractivity contribution in [2.24, 2.45) is 0 Å². The van der Waals surface area contributed by atoms with Gasteiger partial charge in [-0.25, -0.2) is 13.1 Å². The van der Waals surface area contributed by atoms with Crippen LogP contribution in [0.25, 0.3) is 0 Å². The van der Waals surface area contributed by atoms with Crippen molar-refractivity contribution in [2.45, 2.75) is 37.9 Å². The van der Waals surface area contributed by atoms with Crippen molar-refractivity contribution in [1.82, 2.24) is 9.62 Å². The van der Waals surface area contributed by atoms with Crippen molar-refractivity contribution >= 4 is 21.6 Å². The molecule has 6 rings (SSSR count). The number of rotatable bonds is 9. The molecule has 2 heterocycles. The molecule has 1 N–H and O–H groups in total. The summed E-state index contributed by atoms with van der Waals surface area (Å²) >= 11 is 0. The predicted molar refractivity (Wildman–Crippen MR) is 184 cm³/mol. The molecule has 1 unspecified atom stereocenters. The fraction of sp³-hybridized carbons (Fsp3) is 0.289. The lowest BCUT2D eigenvalue weighted by atomic mass is 10.1. The van der Waals surface area contributed by atoms with Crippen molar-refractivity contribution in [3.63, 3.8) is 0 Å². The minimum absolute atomic E-state index is 0.160. The Morgan fingerprint density at radius 3 is 2.28 bits per heavy atom. The molecule has 0 aliphatic carbocycles. The summed E-state index contributed by atoms with van der Waals surface area (Å²) in [5.74, 6) is 6.60. The van der Waals surface area contributed by atoms with E-state index >= 15 is 0 Å². The highest BCUT2D eigenvalue weighted by atomic mass is 32.2. The van der Waals surface area contributed by atoms with Gasteiger partial charge >= 0.3 is 0 Å². The maximum atomic E-state index is 12.7. The molecular formula is C38H39N3O5S. The van der Waals surface area contributed by atoms with Crippen LogP contribution in [0.4, 0.5) is 5.69 Å². The quantitative estimate of drug-likeness (QED) is 0.237. The standard InChI is InChI=1S/C38H39N3O5S/c42-38(39-47(43,44)29-31-8-2-1-3-9-31)33-17-19-35(20-18-33)41-25-23-40(24-26-41)28-34-11-5-4-10-32(34)16-13-30-14-21-36(22-15-30)46-37-12-6-7-27-45-37/h1-5,8-11,14-15,17-22,37H,6-7,12,23-29H2,(H,39,42). The minimum atomic E-state index is -3.80. The molecule has 47 heavy (non-hydrogen) atoms. The van der Waals surface area contributed by atoms with Crippen molar-refractivity contribution < 1.29 is 22.7 Å². The first-order valence-corrected chi connectivity index (χ1v) is 17.7. The number of amides is 1. The number of sulfonamides is 1. The first kappa shape index (κ1) is 32.3. The third-order valence-electron chi connectivity index (χ3n) is 8.33. The Balaban J connectivity index is 0.998.